The number of fused-ring (bicyclic) bond motifs is 1. The number of rotatable bonds is 7. The molecule has 0 unspecified atom stereocenters. The van der Waals surface area contributed by atoms with E-state index in [4.69, 9.17) is 9.47 Å². The second-order valence-electron chi connectivity index (χ2n) is 6.88. The third kappa shape index (κ3) is 4.88. The molecule has 0 aliphatic carbocycles. The van der Waals surface area contributed by atoms with Gasteiger partial charge in [0.25, 0.3) is 0 Å². The lowest BCUT2D eigenvalue weighted by Crippen LogP contribution is -2.07. The average molecular weight is 440 g/mol. The Morgan fingerprint density at radius 3 is 2.59 bits per heavy atom. The molecule has 0 aliphatic heterocycles. The van der Waals surface area contributed by atoms with Crippen molar-refractivity contribution in [3.63, 3.8) is 0 Å². The highest BCUT2D eigenvalue weighted by molar-refractivity contribution is 5.88. The van der Waals surface area contributed by atoms with E-state index in [2.05, 4.69) is 20.3 Å². The molecule has 0 radical (unpaired) electrons. The van der Waals surface area contributed by atoms with Crippen LogP contribution in [-0.4, -0.2) is 28.6 Å². The SMILES string of the molecule is COc1cc(CCNc2ncnc3ccccc23)ccc1Oc1cc(C(F)(F)F)ccn1. The van der Waals surface area contributed by atoms with Crippen LogP contribution < -0.4 is 14.8 Å². The number of halogens is 3. The highest BCUT2D eigenvalue weighted by Crippen LogP contribution is 2.35. The lowest BCUT2D eigenvalue weighted by molar-refractivity contribution is -0.137. The Bertz CT molecular complexity index is 1230. The molecule has 4 rings (SSSR count). The highest BCUT2D eigenvalue weighted by atomic mass is 19.4. The molecule has 2 heterocycles. The van der Waals surface area contributed by atoms with Crippen LogP contribution >= 0.6 is 0 Å². The van der Waals surface area contributed by atoms with Crippen LogP contribution in [-0.2, 0) is 12.6 Å². The topological polar surface area (TPSA) is 69.2 Å². The molecule has 0 amide bonds. The van der Waals surface area contributed by atoms with E-state index in [0.717, 1.165) is 40.6 Å². The van der Waals surface area contributed by atoms with Gasteiger partial charge in [-0.15, -0.1) is 0 Å². The number of para-hydroxylation sites is 1. The van der Waals surface area contributed by atoms with Crippen LogP contribution in [0.25, 0.3) is 10.9 Å². The maximum Gasteiger partial charge on any atom is 0.416 e. The molecule has 2 aromatic heterocycles. The third-order valence-corrected chi connectivity index (χ3v) is 4.75. The summed E-state index contributed by atoms with van der Waals surface area (Å²) in [5.41, 5.74) is 0.981. The highest BCUT2D eigenvalue weighted by Gasteiger charge is 2.31. The average Bonchev–Trinajstić information content (AvgIpc) is 2.80. The van der Waals surface area contributed by atoms with E-state index in [1.807, 2.05) is 30.3 Å². The lowest BCUT2D eigenvalue weighted by atomic mass is 10.1. The van der Waals surface area contributed by atoms with Crippen LogP contribution in [0.4, 0.5) is 19.0 Å². The lowest BCUT2D eigenvalue weighted by Gasteiger charge is -2.13. The Hall–Kier alpha value is -3.88. The molecule has 0 bridgehead atoms. The van der Waals surface area contributed by atoms with Gasteiger partial charge in [-0.2, -0.15) is 13.2 Å². The zero-order chi connectivity index (χ0) is 22.6. The zero-order valence-electron chi connectivity index (χ0n) is 17.1. The summed E-state index contributed by atoms with van der Waals surface area (Å²) in [4.78, 5) is 12.4. The van der Waals surface area contributed by atoms with Gasteiger partial charge in [-0.05, 0) is 42.3 Å². The number of alkyl halides is 3. The normalized spacial score (nSPS) is 11.4. The standard InChI is InChI=1S/C23H19F3N4O2/c1-31-20-12-15(8-10-28-22-17-4-2-3-5-18(17)29-14-30-22)6-7-19(20)32-21-13-16(9-11-27-21)23(24,25)26/h2-7,9,11-14H,8,10H2,1H3,(H,28,29,30). The molecule has 32 heavy (non-hydrogen) atoms. The Morgan fingerprint density at radius 1 is 0.938 bits per heavy atom. The molecular formula is C23H19F3N4O2. The van der Waals surface area contributed by atoms with Crippen molar-refractivity contribution in [1.29, 1.82) is 0 Å². The van der Waals surface area contributed by atoms with E-state index in [0.29, 0.717) is 18.7 Å². The number of aromatic nitrogens is 3. The molecular weight excluding hydrogens is 421 g/mol. The fraction of sp³-hybridized carbons (Fsp3) is 0.174. The summed E-state index contributed by atoms with van der Waals surface area (Å²) in [5.74, 6) is 1.26. The maximum absolute atomic E-state index is 12.9. The van der Waals surface area contributed by atoms with Gasteiger partial charge < -0.3 is 14.8 Å². The minimum absolute atomic E-state index is 0.164. The predicted molar refractivity (Wildman–Crippen MR) is 114 cm³/mol. The van der Waals surface area contributed by atoms with Crippen molar-refractivity contribution < 1.29 is 22.6 Å². The largest absolute Gasteiger partial charge is 0.493 e. The summed E-state index contributed by atoms with van der Waals surface area (Å²) in [6.45, 7) is 0.611. The predicted octanol–water partition coefficient (Wildman–Crippen LogP) is 5.50. The molecule has 0 saturated carbocycles. The summed E-state index contributed by atoms with van der Waals surface area (Å²) < 4.78 is 49.6. The summed E-state index contributed by atoms with van der Waals surface area (Å²) in [6.07, 6.45) is -1.24. The molecule has 9 heteroatoms. The summed E-state index contributed by atoms with van der Waals surface area (Å²) in [7, 11) is 1.47. The second-order valence-corrected chi connectivity index (χ2v) is 6.88. The number of hydrogen-bond donors (Lipinski definition) is 1. The van der Waals surface area contributed by atoms with Crippen molar-refractivity contribution in [2.45, 2.75) is 12.6 Å². The smallest absolute Gasteiger partial charge is 0.416 e. The van der Waals surface area contributed by atoms with E-state index in [-0.39, 0.29) is 11.6 Å². The van der Waals surface area contributed by atoms with E-state index >= 15 is 0 Å². The molecule has 0 atom stereocenters. The molecule has 0 fully saturated rings. The quantitative estimate of drug-likeness (QED) is 0.409. The first-order valence-corrected chi connectivity index (χ1v) is 9.75. The van der Waals surface area contributed by atoms with Gasteiger partial charge in [0.15, 0.2) is 11.5 Å². The van der Waals surface area contributed by atoms with Crippen LogP contribution in [0.15, 0.2) is 67.1 Å². The number of nitrogens with one attached hydrogen (secondary N) is 1. The van der Waals surface area contributed by atoms with Crippen molar-refractivity contribution in [2.75, 3.05) is 19.0 Å². The molecule has 164 valence electrons. The summed E-state index contributed by atoms with van der Waals surface area (Å²) in [6, 6.07) is 14.7. The first-order chi connectivity index (χ1) is 15.4. The molecule has 0 aliphatic rings. The van der Waals surface area contributed by atoms with E-state index < -0.39 is 11.7 Å². The Balaban J connectivity index is 1.44. The summed E-state index contributed by atoms with van der Waals surface area (Å²) in [5, 5.41) is 4.24. The fourth-order valence-corrected chi connectivity index (χ4v) is 3.18. The number of nitrogens with zero attached hydrogens (tertiary/aromatic N) is 3. The van der Waals surface area contributed by atoms with E-state index in [1.54, 1.807) is 12.1 Å². The summed E-state index contributed by atoms with van der Waals surface area (Å²) >= 11 is 0. The van der Waals surface area contributed by atoms with Crippen LogP contribution in [0.2, 0.25) is 0 Å². The Kier molecular flexibility index (Phi) is 6.07. The number of hydrogen-bond acceptors (Lipinski definition) is 6. The minimum atomic E-state index is -4.48. The van der Waals surface area contributed by atoms with E-state index in [9.17, 15) is 13.2 Å². The van der Waals surface area contributed by atoms with Gasteiger partial charge in [0.05, 0.1) is 18.2 Å². The van der Waals surface area contributed by atoms with Gasteiger partial charge in [0, 0.05) is 24.2 Å². The van der Waals surface area contributed by atoms with Crippen molar-refractivity contribution in [1.82, 2.24) is 15.0 Å². The maximum atomic E-state index is 12.9. The van der Waals surface area contributed by atoms with Gasteiger partial charge >= 0.3 is 6.18 Å². The van der Waals surface area contributed by atoms with Crippen LogP contribution in [0, 0.1) is 0 Å². The first-order valence-electron chi connectivity index (χ1n) is 9.75. The van der Waals surface area contributed by atoms with Crippen molar-refractivity contribution >= 4 is 16.7 Å². The third-order valence-electron chi connectivity index (χ3n) is 4.75. The van der Waals surface area contributed by atoms with Crippen molar-refractivity contribution in [3.05, 3.63) is 78.2 Å². The Morgan fingerprint density at radius 2 is 1.78 bits per heavy atom. The van der Waals surface area contributed by atoms with Crippen molar-refractivity contribution in [3.8, 4) is 17.4 Å². The fourth-order valence-electron chi connectivity index (χ4n) is 3.18. The van der Waals surface area contributed by atoms with Crippen LogP contribution in [0.1, 0.15) is 11.1 Å². The monoisotopic (exact) mass is 440 g/mol. The van der Waals surface area contributed by atoms with E-state index in [1.165, 1.54) is 13.4 Å². The van der Waals surface area contributed by atoms with Gasteiger partial charge in [0.2, 0.25) is 5.88 Å². The first kappa shape index (κ1) is 21.4. The molecule has 1 N–H and O–H groups in total. The minimum Gasteiger partial charge on any atom is -0.493 e. The molecule has 6 nitrogen and oxygen atoms in total. The van der Waals surface area contributed by atoms with Crippen LogP contribution in [0.5, 0.6) is 17.4 Å². The van der Waals surface area contributed by atoms with Gasteiger partial charge in [-0.1, -0.05) is 18.2 Å². The molecule has 0 spiro atoms. The number of pyridine rings is 1. The number of anilines is 1. The second kappa shape index (κ2) is 9.09. The number of ether oxygens (including phenoxy) is 2. The number of methoxy groups -OCH3 is 1. The zero-order valence-corrected chi connectivity index (χ0v) is 17.1. The van der Waals surface area contributed by atoms with Crippen LogP contribution in [0.3, 0.4) is 0 Å². The Labute approximate surface area is 182 Å². The molecule has 4 aromatic rings. The van der Waals surface area contributed by atoms with Crippen molar-refractivity contribution in [2.24, 2.45) is 0 Å². The van der Waals surface area contributed by atoms with Gasteiger partial charge in [0.1, 0.15) is 12.1 Å². The molecule has 2 aromatic carbocycles. The number of benzene rings is 2. The molecule has 0 saturated heterocycles. The van der Waals surface area contributed by atoms with Gasteiger partial charge in [-0.3, -0.25) is 0 Å². The van der Waals surface area contributed by atoms with Gasteiger partial charge in [-0.25, -0.2) is 15.0 Å².